The van der Waals surface area contributed by atoms with Crippen molar-refractivity contribution in [3.8, 4) is 0 Å². The summed E-state index contributed by atoms with van der Waals surface area (Å²) in [7, 11) is 1.87. The summed E-state index contributed by atoms with van der Waals surface area (Å²) in [5, 5.41) is 3.64. The number of hydrogen-bond acceptors (Lipinski definition) is 3. The first-order valence-corrected chi connectivity index (χ1v) is 7.65. The van der Waals surface area contributed by atoms with Crippen LogP contribution in [0.1, 0.15) is 58.8 Å². The van der Waals surface area contributed by atoms with Crippen molar-refractivity contribution in [1.29, 1.82) is 0 Å². The summed E-state index contributed by atoms with van der Waals surface area (Å²) in [6.45, 7) is 7.04. The minimum absolute atomic E-state index is 0.00115. The molecule has 1 unspecified atom stereocenters. The van der Waals surface area contributed by atoms with Crippen LogP contribution >= 0.6 is 0 Å². The molecule has 1 aliphatic carbocycles. The first kappa shape index (κ1) is 15.9. The van der Waals surface area contributed by atoms with Crippen molar-refractivity contribution in [2.75, 3.05) is 26.9 Å². The second-order valence-corrected chi connectivity index (χ2v) is 5.41. The normalized spacial score (nSPS) is 20.8. The van der Waals surface area contributed by atoms with Gasteiger partial charge in [0.25, 0.3) is 0 Å². The highest BCUT2D eigenvalue weighted by Crippen LogP contribution is 2.34. The van der Waals surface area contributed by atoms with Gasteiger partial charge in [0.05, 0.1) is 18.2 Å². The summed E-state index contributed by atoms with van der Waals surface area (Å²) >= 11 is 0. The van der Waals surface area contributed by atoms with Gasteiger partial charge in [-0.05, 0) is 32.2 Å². The lowest BCUT2D eigenvalue weighted by atomic mass is 9.79. The topological polar surface area (TPSA) is 30.5 Å². The predicted molar refractivity (Wildman–Crippen MR) is 76.0 cm³/mol. The smallest absolute Gasteiger partial charge is 0.0853 e. The van der Waals surface area contributed by atoms with Gasteiger partial charge < -0.3 is 14.8 Å². The third kappa shape index (κ3) is 4.52. The van der Waals surface area contributed by atoms with Crippen LogP contribution in [0, 0.1) is 0 Å². The molecule has 0 aromatic rings. The lowest BCUT2D eigenvalue weighted by Crippen LogP contribution is -2.55. The predicted octanol–water partition coefficient (Wildman–Crippen LogP) is 3.13. The number of ether oxygens (including phenoxy) is 2. The van der Waals surface area contributed by atoms with Crippen LogP contribution in [0.4, 0.5) is 0 Å². The molecule has 1 aliphatic rings. The molecule has 0 aliphatic heterocycles. The zero-order chi connectivity index (χ0) is 13.3. The Hall–Kier alpha value is -0.120. The maximum absolute atomic E-state index is 5.93. The average molecular weight is 257 g/mol. The van der Waals surface area contributed by atoms with Gasteiger partial charge in [-0.2, -0.15) is 0 Å². The first-order valence-electron chi connectivity index (χ1n) is 7.65. The molecule has 1 N–H and O–H groups in total. The van der Waals surface area contributed by atoms with Crippen molar-refractivity contribution in [3.63, 3.8) is 0 Å². The summed E-state index contributed by atoms with van der Waals surface area (Å²) in [4.78, 5) is 0. The van der Waals surface area contributed by atoms with Gasteiger partial charge in [0.2, 0.25) is 0 Å². The number of methoxy groups -OCH3 is 1. The van der Waals surface area contributed by atoms with Gasteiger partial charge in [0.15, 0.2) is 0 Å². The Morgan fingerprint density at radius 2 is 1.83 bits per heavy atom. The van der Waals surface area contributed by atoms with Crippen molar-refractivity contribution in [1.82, 2.24) is 5.32 Å². The fourth-order valence-corrected chi connectivity index (χ4v) is 2.91. The van der Waals surface area contributed by atoms with E-state index in [1.807, 2.05) is 7.11 Å². The van der Waals surface area contributed by atoms with Crippen molar-refractivity contribution in [2.24, 2.45) is 0 Å². The minimum atomic E-state index is 0.00115. The van der Waals surface area contributed by atoms with Gasteiger partial charge in [-0.15, -0.1) is 0 Å². The molecule has 0 spiro atoms. The Kier molecular flexibility index (Phi) is 7.87. The fourth-order valence-electron chi connectivity index (χ4n) is 2.91. The van der Waals surface area contributed by atoms with E-state index in [0.717, 1.165) is 32.6 Å². The molecular formula is C15H31NO2. The lowest BCUT2D eigenvalue weighted by Gasteiger charge is -2.42. The van der Waals surface area contributed by atoms with Crippen LogP contribution in [0.2, 0.25) is 0 Å². The lowest BCUT2D eigenvalue weighted by molar-refractivity contribution is -0.0862. The molecule has 1 fully saturated rings. The Morgan fingerprint density at radius 1 is 1.11 bits per heavy atom. The molecule has 0 aromatic carbocycles. The van der Waals surface area contributed by atoms with Gasteiger partial charge in [-0.25, -0.2) is 0 Å². The summed E-state index contributed by atoms with van der Waals surface area (Å²) in [6, 6.07) is 0.342. The van der Waals surface area contributed by atoms with Crippen LogP contribution in [0.25, 0.3) is 0 Å². The largest absolute Gasteiger partial charge is 0.380 e. The molecule has 0 radical (unpaired) electrons. The molecule has 1 rings (SSSR count). The quantitative estimate of drug-likeness (QED) is 0.644. The van der Waals surface area contributed by atoms with Crippen LogP contribution in [0.15, 0.2) is 0 Å². The van der Waals surface area contributed by atoms with Crippen LogP contribution in [0.5, 0.6) is 0 Å². The van der Waals surface area contributed by atoms with Crippen molar-refractivity contribution in [2.45, 2.75) is 70.4 Å². The molecule has 0 saturated heterocycles. The molecule has 3 heteroatoms. The molecule has 0 amide bonds. The van der Waals surface area contributed by atoms with E-state index in [4.69, 9.17) is 9.47 Å². The van der Waals surface area contributed by atoms with Crippen molar-refractivity contribution < 1.29 is 9.47 Å². The highest BCUT2D eigenvalue weighted by atomic mass is 16.5. The van der Waals surface area contributed by atoms with Crippen LogP contribution in [-0.4, -0.2) is 38.5 Å². The van der Waals surface area contributed by atoms with Gasteiger partial charge >= 0.3 is 0 Å². The van der Waals surface area contributed by atoms with E-state index in [9.17, 15) is 0 Å². The highest BCUT2D eigenvalue weighted by molar-refractivity contribution is 4.95. The van der Waals surface area contributed by atoms with Crippen molar-refractivity contribution in [3.05, 3.63) is 0 Å². The van der Waals surface area contributed by atoms with E-state index >= 15 is 0 Å². The Labute approximate surface area is 113 Å². The third-order valence-corrected chi connectivity index (χ3v) is 4.02. The minimum Gasteiger partial charge on any atom is -0.380 e. The van der Waals surface area contributed by atoms with E-state index in [1.165, 1.54) is 32.1 Å². The van der Waals surface area contributed by atoms with Gasteiger partial charge in [-0.1, -0.05) is 33.1 Å². The van der Waals surface area contributed by atoms with Gasteiger partial charge in [0.1, 0.15) is 0 Å². The summed E-state index contributed by atoms with van der Waals surface area (Å²) < 4.78 is 11.7. The van der Waals surface area contributed by atoms with Crippen LogP contribution in [-0.2, 0) is 9.47 Å². The first-order chi connectivity index (χ1) is 8.79. The summed E-state index contributed by atoms with van der Waals surface area (Å²) in [6.07, 6.45) is 8.49. The molecule has 108 valence electrons. The van der Waals surface area contributed by atoms with E-state index in [1.54, 1.807) is 0 Å². The maximum atomic E-state index is 5.93. The molecule has 1 atom stereocenters. The van der Waals surface area contributed by atoms with Gasteiger partial charge in [0, 0.05) is 13.7 Å². The second kappa shape index (κ2) is 8.89. The number of nitrogens with one attached hydrogen (secondary N) is 1. The molecule has 1 saturated carbocycles. The zero-order valence-electron chi connectivity index (χ0n) is 12.5. The maximum Gasteiger partial charge on any atom is 0.0853 e. The molecule has 0 bridgehead atoms. The highest BCUT2D eigenvalue weighted by Gasteiger charge is 2.39. The Morgan fingerprint density at radius 3 is 2.39 bits per heavy atom. The van der Waals surface area contributed by atoms with Crippen LogP contribution in [0.3, 0.4) is 0 Å². The van der Waals surface area contributed by atoms with E-state index in [0.29, 0.717) is 6.04 Å². The molecule has 0 aromatic heterocycles. The SMILES string of the molecule is CCCNC(COCCC)C1(OC)CCCCC1. The Balaban J connectivity index is 2.58. The van der Waals surface area contributed by atoms with Gasteiger partial charge in [-0.3, -0.25) is 0 Å². The third-order valence-electron chi connectivity index (χ3n) is 4.02. The van der Waals surface area contributed by atoms with Crippen LogP contribution < -0.4 is 5.32 Å². The summed E-state index contributed by atoms with van der Waals surface area (Å²) in [5.74, 6) is 0. The molecule has 3 nitrogen and oxygen atoms in total. The van der Waals surface area contributed by atoms with E-state index < -0.39 is 0 Å². The number of hydrogen-bond donors (Lipinski definition) is 1. The van der Waals surface area contributed by atoms with E-state index in [-0.39, 0.29) is 5.60 Å². The zero-order valence-corrected chi connectivity index (χ0v) is 12.5. The fraction of sp³-hybridized carbons (Fsp3) is 1.00. The van der Waals surface area contributed by atoms with Crippen molar-refractivity contribution >= 4 is 0 Å². The Bertz CT molecular complexity index is 203. The molecular weight excluding hydrogens is 226 g/mol. The average Bonchev–Trinajstić information content (AvgIpc) is 2.43. The summed E-state index contributed by atoms with van der Waals surface area (Å²) in [5.41, 5.74) is 0.00115. The monoisotopic (exact) mass is 257 g/mol. The van der Waals surface area contributed by atoms with E-state index in [2.05, 4.69) is 19.2 Å². The number of rotatable bonds is 9. The second-order valence-electron chi connectivity index (χ2n) is 5.41. The standard InChI is InChI=1S/C15H31NO2/c1-4-11-16-14(13-18-12-5-2)15(17-3)9-7-6-8-10-15/h14,16H,4-13H2,1-3H3. The molecule has 0 heterocycles. The molecule has 18 heavy (non-hydrogen) atoms.